The Bertz CT molecular complexity index is 337. The lowest BCUT2D eigenvalue weighted by Crippen LogP contribution is -2.19. The highest BCUT2D eigenvalue weighted by Gasteiger charge is 2.18. The van der Waals surface area contributed by atoms with E-state index in [9.17, 15) is 4.79 Å². The zero-order valence-corrected chi connectivity index (χ0v) is 11.0. The largest absolute Gasteiger partial charge is 0.465 e. The maximum atomic E-state index is 11.6. The second-order valence-electron chi connectivity index (χ2n) is 3.22. The molecule has 1 unspecified atom stereocenters. The number of rotatable bonds is 5. The van der Waals surface area contributed by atoms with E-state index in [0.717, 1.165) is 11.3 Å². The van der Waals surface area contributed by atoms with Gasteiger partial charge in [-0.15, -0.1) is 11.8 Å². The Morgan fingerprint density at radius 3 is 2.50 bits per heavy atom. The van der Waals surface area contributed by atoms with Crippen LogP contribution in [0.1, 0.15) is 20.3 Å². The number of thioether (sulfide) groups is 1. The highest BCUT2D eigenvalue weighted by molar-refractivity contribution is 8.00. The summed E-state index contributed by atoms with van der Waals surface area (Å²) in [5.74, 6) is -0.148. The van der Waals surface area contributed by atoms with Gasteiger partial charge in [-0.3, -0.25) is 4.79 Å². The van der Waals surface area contributed by atoms with Crippen LogP contribution in [0.15, 0.2) is 29.2 Å². The van der Waals surface area contributed by atoms with Crippen LogP contribution in [0, 0.1) is 0 Å². The zero-order chi connectivity index (χ0) is 12.0. The summed E-state index contributed by atoms with van der Waals surface area (Å²) in [5, 5.41) is 0.564. The van der Waals surface area contributed by atoms with Gasteiger partial charge in [0.2, 0.25) is 0 Å². The quantitative estimate of drug-likeness (QED) is 0.594. The van der Waals surface area contributed by atoms with Crippen LogP contribution in [0.25, 0.3) is 0 Å². The summed E-state index contributed by atoms with van der Waals surface area (Å²) in [7, 11) is 0. The highest BCUT2D eigenvalue weighted by atomic mass is 35.5. The fraction of sp³-hybridized carbons (Fsp3) is 0.417. The Morgan fingerprint density at radius 2 is 2.00 bits per heavy atom. The Balaban J connectivity index is 2.62. The van der Waals surface area contributed by atoms with E-state index in [2.05, 4.69) is 0 Å². The molecule has 88 valence electrons. The zero-order valence-electron chi connectivity index (χ0n) is 9.40. The predicted octanol–water partition coefficient (Wildman–Crippen LogP) is 3.77. The molecule has 1 rings (SSSR count). The molecular formula is C12H15ClO2S. The number of ether oxygens (including phenoxy) is 1. The minimum absolute atomic E-state index is 0.138. The van der Waals surface area contributed by atoms with Gasteiger partial charge < -0.3 is 4.74 Å². The van der Waals surface area contributed by atoms with E-state index in [4.69, 9.17) is 16.3 Å². The van der Waals surface area contributed by atoms with Crippen molar-refractivity contribution in [2.45, 2.75) is 30.4 Å². The van der Waals surface area contributed by atoms with E-state index >= 15 is 0 Å². The smallest absolute Gasteiger partial charge is 0.319 e. The van der Waals surface area contributed by atoms with Crippen molar-refractivity contribution >= 4 is 29.3 Å². The predicted molar refractivity (Wildman–Crippen MR) is 68.0 cm³/mol. The van der Waals surface area contributed by atoms with Crippen LogP contribution in [0.2, 0.25) is 5.02 Å². The third-order valence-corrected chi connectivity index (χ3v) is 3.62. The number of carbonyl (C=O) groups is 1. The Kier molecular flexibility index (Phi) is 5.71. The number of esters is 1. The molecule has 0 fully saturated rings. The lowest BCUT2D eigenvalue weighted by Gasteiger charge is -2.12. The number of hydrogen-bond acceptors (Lipinski definition) is 3. The summed E-state index contributed by atoms with van der Waals surface area (Å²) in [5.41, 5.74) is 0. The molecule has 0 heterocycles. The molecule has 4 heteroatoms. The minimum Gasteiger partial charge on any atom is -0.465 e. The molecule has 0 radical (unpaired) electrons. The lowest BCUT2D eigenvalue weighted by molar-refractivity contribution is -0.142. The molecule has 0 aliphatic carbocycles. The van der Waals surface area contributed by atoms with Gasteiger partial charge in [0, 0.05) is 9.92 Å². The lowest BCUT2D eigenvalue weighted by atomic mass is 10.3. The van der Waals surface area contributed by atoms with Crippen molar-refractivity contribution in [2.24, 2.45) is 0 Å². The van der Waals surface area contributed by atoms with Crippen LogP contribution in [-0.4, -0.2) is 17.8 Å². The van der Waals surface area contributed by atoms with Crippen LogP contribution >= 0.6 is 23.4 Å². The topological polar surface area (TPSA) is 26.3 Å². The van der Waals surface area contributed by atoms with E-state index in [0.29, 0.717) is 11.6 Å². The first-order valence-corrected chi connectivity index (χ1v) is 6.52. The van der Waals surface area contributed by atoms with E-state index in [1.54, 1.807) is 0 Å². The molecule has 2 nitrogen and oxygen atoms in total. The first-order valence-electron chi connectivity index (χ1n) is 5.26. The summed E-state index contributed by atoms with van der Waals surface area (Å²) in [6, 6.07) is 7.47. The first kappa shape index (κ1) is 13.4. The second kappa shape index (κ2) is 6.81. The van der Waals surface area contributed by atoms with Crippen molar-refractivity contribution in [1.29, 1.82) is 0 Å². The fourth-order valence-electron chi connectivity index (χ4n) is 1.21. The Morgan fingerprint density at radius 1 is 1.38 bits per heavy atom. The molecule has 0 amide bonds. The molecule has 0 aromatic heterocycles. The standard InChI is InChI=1S/C12H15ClO2S/c1-3-11(12(14)15-4-2)16-10-7-5-9(13)6-8-10/h5-8,11H,3-4H2,1-2H3. The van der Waals surface area contributed by atoms with Crippen LogP contribution < -0.4 is 0 Å². The highest BCUT2D eigenvalue weighted by Crippen LogP contribution is 2.27. The monoisotopic (exact) mass is 258 g/mol. The molecular weight excluding hydrogens is 244 g/mol. The van der Waals surface area contributed by atoms with E-state index in [1.807, 2.05) is 38.1 Å². The van der Waals surface area contributed by atoms with E-state index < -0.39 is 0 Å². The maximum absolute atomic E-state index is 11.6. The molecule has 1 aromatic rings. The van der Waals surface area contributed by atoms with Gasteiger partial charge in [0.15, 0.2) is 0 Å². The molecule has 1 aromatic carbocycles. The summed E-state index contributed by atoms with van der Waals surface area (Å²) >= 11 is 7.31. The molecule has 0 aliphatic rings. The van der Waals surface area contributed by atoms with Crippen LogP contribution in [0.5, 0.6) is 0 Å². The number of halogens is 1. The molecule has 1 atom stereocenters. The molecule has 0 N–H and O–H groups in total. The first-order chi connectivity index (χ1) is 7.67. The minimum atomic E-state index is -0.148. The summed E-state index contributed by atoms with van der Waals surface area (Å²) in [6.07, 6.45) is 0.756. The third kappa shape index (κ3) is 4.06. The van der Waals surface area contributed by atoms with Crippen LogP contribution in [-0.2, 0) is 9.53 Å². The van der Waals surface area contributed by atoms with Crippen molar-refractivity contribution in [3.8, 4) is 0 Å². The average molecular weight is 259 g/mol. The summed E-state index contributed by atoms with van der Waals surface area (Å²) in [6.45, 7) is 4.22. The molecule has 16 heavy (non-hydrogen) atoms. The molecule has 0 bridgehead atoms. The van der Waals surface area contributed by atoms with Gasteiger partial charge in [-0.1, -0.05) is 18.5 Å². The number of benzene rings is 1. The summed E-state index contributed by atoms with van der Waals surface area (Å²) in [4.78, 5) is 12.6. The van der Waals surface area contributed by atoms with Crippen LogP contribution in [0.4, 0.5) is 0 Å². The van der Waals surface area contributed by atoms with E-state index in [-0.39, 0.29) is 11.2 Å². The van der Waals surface area contributed by atoms with Gasteiger partial charge in [0.25, 0.3) is 0 Å². The average Bonchev–Trinajstić information content (AvgIpc) is 2.28. The van der Waals surface area contributed by atoms with Crippen LogP contribution in [0.3, 0.4) is 0 Å². The van der Waals surface area contributed by atoms with Crippen molar-refractivity contribution in [3.63, 3.8) is 0 Å². The SMILES string of the molecule is CCOC(=O)C(CC)Sc1ccc(Cl)cc1. The van der Waals surface area contributed by atoms with Gasteiger partial charge in [-0.05, 0) is 37.6 Å². The van der Waals surface area contributed by atoms with Gasteiger partial charge in [-0.25, -0.2) is 0 Å². The van der Waals surface area contributed by atoms with Gasteiger partial charge in [0.1, 0.15) is 5.25 Å². The van der Waals surface area contributed by atoms with Crippen molar-refractivity contribution in [3.05, 3.63) is 29.3 Å². The normalized spacial score (nSPS) is 12.2. The van der Waals surface area contributed by atoms with Gasteiger partial charge >= 0.3 is 5.97 Å². The Hall–Kier alpha value is -0.670. The summed E-state index contributed by atoms with van der Waals surface area (Å²) < 4.78 is 5.01. The van der Waals surface area contributed by atoms with Crippen molar-refractivity contribution < 1.29 is 9.53 Å². The van der Waals surface area contributed by atoms with Gasteiger partial charge in [0.05, 0.1) is 6.61 Å². The molecule has 0 aliphatic heterocycles. The van der Waals surface area contributed by atoms with E-state index in [1.165, 1.54) is 11.8 Å². The van der Waals surface area contributed by atoms with Gasteiger partial charge in [-0.2, -0.15) is 0 Å². The number of hydrogen-bond donors (Lipinski definition) is 0. The number of carbonyl (C=O) groups excluding carboxylic acids is 1. The van der Waals surface area contributed by atoms with Crippen molar-refractivity contribution in [2.75, 3.05) is 6.61 Å². The Labute approximate surface area is 105 Å². The molecule has 0 saturated carbocycles. The third-order valence-electron chi connectivity index (χ3n) is 2.01. The molecule has 0 spiro atoms. The van der Waals surface area contributed by atoms with Crippen molar-refractivity contribution in [1.82, 2.24) is 0 Å². The maximum Gasteiger partial charge on any atom is 0.319 e. The second-order valence-corrected chi connectivity index (χ2v) is 4.93. The molecule has 0 saturated heterocycles. The fourth-order valence-corrected chi connectivity index (χ4v) is 2.29.